The number of halogens is 3. The van der Waals surface area contributed by atoms with E-state index >= 15 is 0 Å². The number of hydrogen-bond acceptors (Lipinski definition) is 7. The van der Waals surface area contributed by atoms with Crippen molar-refractivity contribution in [3.05, 3.63) is 42.1 Å². The van der Waals surface area contributed by atoms with Crippen molar-refractivity contribution in [3.63, 3.8) is 0 Å². The average molecular weight is 496 g/mol. The number of alkyl halides is 3. The molecule has 12 heteroatoms. The van der Waals surface area contributed by atoms with Gasteiger partial charge in [-0.2, -0.15) is 18.3 Å². The number of nitrogens with one attached hydrogen (secondary N) is 3. The van der Waals surface area contributed by atoms with Crippen molar-refractivity contribution < 1.29 is 22.2 Å². The largest absolute Gasteiger partial charge is 0.403 e. The fourth-order valence-corrected chi connectivity index (χ4v) is 4.34. The molecule has 0 atom stereocenters. The van der Waals surface area contributed by atoms with Gasteiger partial charge in [0.2, 0.25) is 5.91 Å². The molecule has 0 unspecified atom stereocenters. The lowest BCUT2D eigenvalue weighted by Crippen LogP contribution is -2.37. The molecule has 3 N–H and O–H groups in total. The van der Waals surface area contributed by atoms with Gasteiger partial charge in [0, 0.05) is 45.8 Å². The average Bonchev–Trinajstić information content (AvgIpc) is 3.46. The van der Waals surface area contributed by atoms with Gasteiger partial charge in [0.1, 0.15) is 17.1 Å². The van der Waals surface area contributed by atoms with E-state index in [1.807, 2.05) is 19.1 Å². The molecule has 1 aliphatic carbocycles. The maximum absolute atomic E-state index is 13.2. The number of aryl methyl sites for hydroxylation is 1. The summed E-state index contributed by atoms with van der Waals surface area (Å²) in [5, 5.41) is 13.2. The lowest BCUT2D eigenvalue weighted by molar-refractivity contribution is -0.189. The molecule has 3 aromatic rings. The molecular formula is C22H28F3N7OS. The van der Waals surface area contributed by atoms with Gasteiger partial charge in [-0.05, 0) is 62.2 Å². The van der Waals surface area contributed by atoms with E-state index in [9.17, 15) is 18.0 Å². The zero-order valence-electron chi connectivity index (χ0n) is 18.2. The van der Waals surface area contributed by atoms with Crippen LogP contribution >= 0.6 is 11.8 Å². The van der Waals surface area contributed by atoms with E-state index in [2.05, 4.69) is 35.7 Å². The van der Waals surface area contributed by atoms with Crippen molar-refractivity contribution in [2.45, 2.75) is 42.4 Å². The zero-order chi connectivity index (χ0) is 23.9. The summed E-state index contributed by atoms with van der Waals surface area (Å²) in [6.45, 7) is 3.76. The Labute approximate surface area is 202 Å². The summed E-state index contributed by atoms with van der Waals surface area (Å²) >= 11 is 1.32. The van der Waals surface area contributed by atoms with E-state index in [1.54, 1.807) is 24.3 Å². The summed E-state index contributed by atoms with van der Waals surface area (Å²) in [4.78, 5) is 24.3. The molecule has 2 aliphatic rings. The number of benzene rings is 1. The van der Waals surface area contributed by atoms with E-state index in [1.165, 1.54) is 11.8 Å². The zero-order valence-corrected chi connectivity index (χ0v) is 19.1. The van der Waals surface area contributed by atoms with Crippen LogP contribution in [0.4, 0.5) is 36.3 Å². The predicted octanol–water partition coefficient (Wildman–Crippen LogP) is 5.63. The van der Waals surface area contributed by atoms with Crippen molar-refractivity contribution in [2.75, 3.05) is 28.6 Å². The third-order valence-electron chi connectivity index (χ3n) is 5.88. The number of carbonyl (C=O) groups is 1. The predicted molar refractivity (Wildman–Crippen MR) is 129 cm³/mol. The summed E-state index contributed by atoms with van der Waals surface area (Å²) in [7, 11) is 0. The van der Waals surface area contributed by atoms with Gasteiger partial charge in [-0.1, -0.05) is 0 Å². The number of aromatic nitrogens is 4. The first-order valence-corrected chi connectivity index (χ1v) is 11.6. The van der Waals surface area contributed by atoms with Crippen molar-refractivity contribution in [3.8, 4) is 0 Å². The molecule has 1 amide bonds. The Balaban J connectivity index is 0.00000160. The van der Waals surface area contributed by atoms with Crippen LogP contribution < -0.4 is 15.5 Å². The molecule has 0 spiro atoms. The summed E-state index contributed by atoms with van der Waals surface area (Å²) in [6, 6.07) is 10.3. The van der Waals surface area contributed by atoms with E-state index in [4.69, 9.17) is 0 Å². The molecule has 184 valence electrons. The number of carbonyl (C=O) groups excluding carboxylic acids is 1. The van der Waals surface area contributed by atoms with Gasteiger partial charge in [0.05, 0.1) is 0 Å². The Hall–Kier alpha value is -3.28. The first-order chi connectivity index (χ1) is 16.2. The second-order valence-electron chi connectivity index (χ2n) is 8.46. The highest BCUT2D eigenvalue weighted by Crippen LogP contribution is 2.58. The van der Waals surface area contributed by atoms with Gasteiger partial charge in [0.15, 0.2) is 11.0 Å². The molecule has 0 radical (unpaired) electrons. The minimum absolute atomic E-state index is 0. The minimum Gasteiger partial charge on any atom is -0.356 e. The monoisotopic (exact) mass is 495 g/mol. The van der Waals surface area contributed by atoms with Gasteiger partial charge in [-0.25, -0.2) is 9.97 Å². The fraction of sp³-hybridized carbons (Fsp3) is 0.364. The summed E-state index contributed by atoms with van der Waals surface area (Å²) < 4.78 is 39.5. The molecule has 1 aliphatic heterocycles. The van der Waals surface area contributed by atoms with E-state index in [0.717, 1.165) is 35.9 Å². The highest BCUT2D eigenvalue weighted by molar-refractivity contribution is 7.99. The Morgan fingerprint density at radius 2 is 1.88 bits per heavy atom. The van der Waals surface area contributed by atoms with Crippen molar-refractivity contribution in [1.82, 2.24) is 20.2 Å². The number of amides is 1. The standard InChI is InChI=1S/C22H22F3N7OS.3H2/c1-13-11-17(31-30-13)27-16-12-18(32-9-2-10-32)29-20(28-16)34-15-5-3-14(4-6-15)26-19(33)21(7-8-21)22(23,24)25;;;/h3-6,11-12H,2,7-10H2,1H3,(H,26,33)(H2,27,28,29,30,31);3*1H. The van der Waals surface area contributed by atoms with Gasteiger partial charge in [0.25, 0.3) is 0 Å². The fourth-order valence-electron chi connectivity index (χ4n) is 3.57. The molecular weight excluding hydrogens is 467 g/mol. The van der Waals surface area contributed by atoms with E-state index in [0.29, 0.717) is 22.5 Å². The quantitative estimate of drug-likeness (QED) is 0.365. The minimum atomic E-state index is -4.54. The maximum atomic E-state index is 13.2. The molecule has 34 heavy (non-hydrogen) atoms. The van der Waals surface area contributed by atoms with Gasteiger partial charge in [-0.3, -0.25) is 9.89 Å². The van der Waals surface area contributed by atoms with E-state index < -0.39 is 17.5 Å². The molecule has 1 saturated heterocycles. The van der Waals surface area contributed by atoms with Crippen LogP contribution in [0.25, 0.3) is 0 Å². The summed E-state index contributed by atoms with van der Waals surface area (Å²) in [5.41, 5.74) is -1.01. The Bertz CT molecular complexity index is 1220. The van der Waals surface area contributed by atoms with Crippen LogP contribution in [-0.2, 0) is 4.79 Å². The highest BCUT2D eigenvalue weighted by Gasteiger charge is 2.68. The van der Waals surface area contributed by atoms with Gasteiger partial charge in [-0.15, -0.1) is 0 Å². The van der Waals surface area contributed by atoms with Crippen LogP contribution in [0.2, 0.25) is 0 Å². The second kappa shape index (κ2) is 8.49. The number of anilines is 4. The first kappa shape index (κ1) is 22.5. The van der Waals surface area contributed by atoms with Crippen LogP contribution in [0.1, 0.15) is 29.2 Å². The van der Waals surface area contributed by atoms with Crippen LogP contribution in [0.3, 0.4) is 0 Å². The van der Waals surface area contributed by atoms with Gasteiger partial charge < -0.3 is 15.5 Å². The Morgan fingerprint density at radius 1 is 1.15 bits per heavy atom. The Kier molecular flexibility index (Phi) is 5.62. The lowest BCUT2D eigenvalue weighted by Gasteiger charge is -2.32. The molecule has 8 nitrogen and oxygen atoms in total. The van der Waals surface area contributed by atoms with Crippen molar-refractivity contribution in [1.29, 1.82) is 0 Å². The molecule has 1 saturated carbocycles. The number of nitrogens with zero attached hydrogens (tertiary/aromatic N) is 4. The second-order valence-corrected chi connectivity index (χ2v) is 9.50. The first-order valence-electron chi connectivity index (χ1n) is 10.8. The number of aromatic amines is 1. The molecule has 2 fully saturated rings. The number of H-pyrrole nitrogens is 1. The van der Waals surface area contributed by atoms with E-state index in [-0.39, 0.29) is 17.1 Å². The molecule has 3 heterocycles. The van der Waals surface area contributed by atoms with Crippen molar-refractivity contribution >= 4 is 40.8 Å². The van der Waals surface area contributed by atoms with Crippen LogP contribution in [-0.4, -0.2) is 45.3 Å². The summed E-state index contributed by atoms with van der Waals surface area (Å²) in [5.74, 6) is 1.06. The van der Waals surface area contributed by atoms with Crippen molar-refractivity contribution in [2.24, 2.45) is 5.41 Å². The smallest absolute Gasteiger partial charge is 0.356 e. The third kappa shape index (κ3) is 4.54. The van der Waals surface area contributed by atoms with Crippen LogP contribution in [0, 0.1) is 12.3 Å². The third-order valence-corrected chi connectivity index (χ3v) is 6.76. The topological polar surface area (TPSA) is 98.8 Å². The molecule has 1 aromatic carbocycles. The molecule has 0 bridgehead atoms. The molecule has 2 aromatic heterocycles. The highest BCUT2D eigenvalue weighted by atomic mass is 32.2. The lowest BCUT2D eigenvalue weighted by atomic mass is 10.1. The van der Waals surface area contributed by atoms with Crippen LogP contribution in [0.15, 0.2) is 46.5 Å². The number of rotatable bonds is 7. The Morgan fingerprint density at radius 3 is 2.44 bits per heavy atom. The molecule has 5 rings (SSSR count). The van der Waals surface area contributed by atoms with Gasteiger partial charge >= 0.3 is 6.18 Å². The maximum Gasteiger partial charge on any atom is 0.403 e. The normalized spacial score (nSPS) is 16.6. The summed E-state index contributed by atoms with van der Waals surface area (Å²) in [6.07, 6.45) is -3.77. The SMILES string of the molecule is Cc1cc(Nc2cc(N3CCC3)nc(Sc3ccc(NC(=O)C4(C(F)(F)F)CC4)cc3)n2)n[nH]1.[HH].[HH].[HH]. The number of hydrogen-bond donors (Lipinski definition) is 3. The van der Waals surface area contributed by atoms with Crippen LogP contribution in [0.5, 0.6) is 0 Å².